The number of benzene rings is 2. The van der Waals surface area contributed by atoms with Crippen LogP contribution >= 0.6 is 11.8 Å². The summed E-state index contributed by atoms with van der Waals surface area (Å²) in [6.07, 6.45) is 1.50. The third kappa shape index (κ3) is 7.04. The van der Waals surface area contributed by atoms with Gasteiger partial charge in [-0.15, -0.1) is 11.8 Å². The number of ether oxygens (including phenoxy) is 1. The predicted molar refractivity (Wildman–Crippen MR) is 146 cm³/mol. The maximum atomic E-state index is 13.6. The van der Waals surface area contributed by atoms with Gasteiger partial charge in [-0.2, -0.15) is 0 Å². The molecule has 3 rings (SSSR count). The number of unbranched alkanes of at least 4 members (excludes halogenated alkanes) is 1. The van der Waals surface area contributed by atoms with Gasteiger partial charge >= 0.3 is 5.69 Å². The largest absolute Gasteiger partial charge is 0.496 e. The third-order valence-electron chi connectivity index (χ3n) is 5.58. The van der Waals surface area contributed by atoms with Crippen LogP contribution in [0, 0.1) is 0 Å². The quantitative estimate of drug-likeness (QED) is 0.327. The molecule has 0 aliphatic carbocycles. The number of carbonyl (C=O) groups is 2. The highest BCUT2D eigenvalue weighted by atomic mass is 32.2. The number of para-hydroxylation sites is 1. The van der Waals surface area contributed by atoms with Gasteiger partial charge in [0, 0.05) is 29.6 Å². The number of rotatable bonds is 11. The van der Waals surface area contributed by atoms with Crippen molar-refractivity contribution in [1.82, 2.24) is 9.55 Å². The van der Waals surface area contributed by atoms with E-state index in [0.717, 1.165) is 11.3 Å². The molecular weight excluding hydrogens is 494 g/mol. The fourth-order valence-corrected chi connectivity index (χ4v) is 4.51. The van der Waals surface area contributed by atoms with Gasteiger partial charge in [-0.1, -0.05) is 31.5 Å². The monoisotopic (exact) mass is 525 g/mol. The predicted octanol–water partition coefficient (Wildman–Crippen LogP) is 3.21. The second kappa shape index (κ2) is 12.8. The Morgan fingerprint density at radius 2 is 1.84 bits per heavy atom. The second-order valence-electron chi connectivity index (χ2n) is 8.28. The molecule has 2 aromatic carbocycles. The highest BCUT2D eigenvalue weighted by Crippen LogP contribution is 2.27. The minimum atomic E-state index is -0.733. The molecule has 0 saturated carbocycles. The minimum absolute atomic E-state index is 0.00159. The summed E-state index contributed by atoms with van der Waals surface area (Å²) in [6.45, 7) is 3.74. The van der Waals surface area contributed by atoms with E-state index in [9.17, 15) is 19.2 Å². The highest BCUT2D eigenvalue weighted by Gasteiger charge is 2.25. The van der Waals surface area contributed by atoms with E-state index in [2.05, 4.69) is 10.3 Å². The summed E-state index contributed by atoms with van der Waals surface area (Å²) in [7, 11) is 1.53. The lowest BCUT2D eigenvalue weighted by atomic mass is 10.1. The summed E-state index contributed by atoms with van der Waals surface area (Å²) in [4.78, 5) is 54.6. The first-order valence-corrected chi connectivity index (χ1v) is 12.8. The molecular formula is C26H31N5O5S. The zero-order chi connectivity index (χ0) is 26.9. The van der Waals surface area contributed by atoms with Crippen LogP contribution in [0.15, 0.2) is 63.0 Å². The Hall–Kier alpha value is -3.99. The first kappa shape index (κ1) is 27.6. The molecule has 0 saturated heterocycles. The van der Waals surface area contributed by atoms with E-state index in [0.29, 0.717) is 30.0 Å². The average Bonchev–Trinajstić information content (AvgIpc) is 2.87. The number of thioether (sulfide) groups is 1. The van der Waals surface area contributed by atoms with E-state index in [1.54, 1.807) is 42.5 Å². The number of carbonyl (C=O) groups excluding carboxylic acids is 2. The second-order valence-corrected chi connectivity index (χ2v) is 9.33. The zero-order valence-electron chi connectivity index (χ0n) is 21.1. The molecule has 0 atom stereocenters. The molecule has 0 fully saturated rings. The van der Waals surface area contributed by atoms with Crippen LogP contribution in [0.3, 0.4) is 0 Å². The molecule has 1 heterocycles. The van der Waals surface area contributed by atoms with Gasteiger partial charge in [0.1, 0.15) is 11.6 Å². The smallest absolute Gasteiger partial charge is 0.330 e. The van der Waals surface area contributed by atoms with Crippen molar-refractivity contribution < 1.29 is 14.3 Å². The van der Waals surface area contributed by atoms with Crippen molar-refractivity contribution in [1.29, 1.82) is 0 Å². The van der Waals surface area contributed by atoms with Gasteiger partial charge in [-0.25, -0.2) is 4.79 Å². The van der Waals surface area contributed by atoms with Crippen LogP contribution in [0.1, 0.15) is 32.3 Å². The Balaban J connectivity index is 1.96. The number of hydrogen-bond donors (Lipinski definition) is 3. The molecule has 0 bridgehead atoms. The lowest BCUT2D eigenvalue weighted by Crippen LogP contribution is -2.41. The number of methoxy groups -OCH3 is 1. The number of aromatic nitrogens is 2. The van der Waals surface area contributed by atoms with Crippen LogP contribution in [0.5, 0.6) is 5.75 Å². The lowest BCUT2D eigenvalue weighted by molar-refractivity contribution is -0.116. The molecule has 11 heteroatoms. The molecule has 196 valence electrons. The molecule has 0 unspecified atom stereocenters. The van der Waals surface area contributed by atoms with Crippen molar-refractivity contribution in [3.8, 4) is 5.75 Å². The van der Waals surface area contributed by atoms with Gasteiger partial charge in [0.25, 0.3) is 5.56 Å². The molecule has 10 nitrogen and oxygen atoms in total. The average molecular weight is 526 g/mol. The van der Waals surface area contributed by atoms with Crippen LogP contribution < -0.4 is 31.9 Å². The fraction of sp³-hybridized carbons (Fsp3) is 0.308. The SMILES string of the molecule is CCCCn1c(N)c(N(Cc2ccccc2OC)C(=O)CSc2ccc(NC(C)=O)cc2)c(=O)[nH]c1=O. The number of anilines is 3. The summed E-state index contributed by atoms with van der Waals surface area (Å²) < 4.78 is 6.73. The maximum absolute atomic E-state index is 13.6. The van der Waals surface area contributed by atoms with E-state index >= 15 is 0 Å². The first-order chi connectivity index (χ1) is 17.7. The van der Waals surface area contributed by atoms with Crippen LogP contribution in [-0.4, -0.2) is 34.2 Å². The minimum Gasteiger partial charge on any atom is -0.496 e. The molecule has 0 radical (unpaired) electrons. The molecule has 4 N–H and O–H groups in total. The summed E-state index contributed by atoms with van der Waals surface area (Å²) in [5, 5.41) is 2.70. The summed E-state index contributed by atoms with van der Waals surface area (Å²) >= 11 is 1.28. The van der Waals surface area contributed by atoms with Crippen molar-refractivity contribution in [3.63, 3.8) is 0 Å². The lowest BCUT2D eigenvalue weighted by Gasteiger charge is -2.25. The Bertz CT molecular complexity index is 1370. The van der Waals surface area contributed by atoms with Gasteiger partial charge in [-0.05, 0) is 36.8 Å². The van der Waals surface area contributed by atoms with Gasteiger partial charge < -0.3 is 15.8 Å². The van der Waals surface area contributed by atoms with Gasteiger partial charge in [-0.3, -0.25) is 28.8 Å². The van der Waals surface area contributed by atoms with Crippen molar-refractivity contribution in [2.75, 3.05) is 28.8 Å². The molecule has 0 aliphatic rings. The van der Waals surface area contributed by atoms with Crippen molar-refractivity contribution in [2.45, 2.75) is 44.7 Å². The van der Waals surface area contributed by atoms with Crippen LogP contribution in [-0.2, 0) is 22.7 Å². The number of H-pyrrole nitrogens is 1. The highest BCUT2D eigenvalue weighted by molar-refractivity contribution is 8.00. The van der Waals surface area contributed by atoms with E-state index in [4.69, 9.17) is 10.5 Å². The van der Waals surface area contributed by atoms with Crippen molar-refractivity contribution in [2.24, 2.45) is 0 Å². The molecule has 0 spiro atoms. The third-order valence-corrected chi connectivity index (χ3v) is 6.58. The van der Waals surface area contributed by atoms with Gasteiger partial charge in [0.15, 0.2) is 5.69 Å². The van der Waals surface area contributed by atoms with Crippen LogP contribution in [0.25, 0.3) is 0 Å². The van der Waals surface area contributed by atoms with Gasteiger partial charge in [0.2, 0.25) is 11.8 Å². The Kier molecular flexibility index (Phi) is 9.56. The first-order valence-electron chi connectivity index (χ1n) is 11.8. The topological polar surface area (TPSA) is 140 Å². The van der Waals surface area contributed by atoms with Crippen molar-refractivity contribution in [3.05, 3.63) is 74.9 Å². The van der Waals surface area contributed by atoms with Gasteiger partial charge in [0.05, 0.1) is 19.4 Å². The normalized spacial score (nSPS) is 10.7. The molecule has 3 aromatic rings. The maximum Gasteiger partial charge on any atom is 0.330 e. The summed E-state index contributed by atoms with van der Waals surface area (Å²) in [6, 6.07) is 14.2. The molecule has 37 heavy (non-hydrogen) atoms. The van der Waals surface area contributed by atoms with E-state index in [1.165, 1.54) is 35.3 Å². The van der Waals surface area contributed by atoms with E-state index in [1.807, 2.05) is 13.0 Å². The fourth-order valence-electron chi connectivity index (χ4n) is 3.73. The Morgan fingerprint density at radius 3 is 2.49 bits per heavy atom. The summed E-state index contributed by atoms with van der Waals surface area (Å²) in [5.41, 5.74) is 6.23. The summed E-state index contributed by atoms with van der Waals surface area (Å²) in [5.74, 6) is -0.0574. The molecule has 2 amide bonds. The van der Waals surface area contributed by atoms with Crippen LogP contribution in [0.4, 0.5) is 17.2 Å². The number of nitrogens with one attached hydrogen (secondary N) is 2. The standard InChI is InChI=1S/C26H31N5O5S/c1-4-5-14-30-24(27)23(25(34)29-26(30)35)31(15-18-8-6-7-9-21(18)36-3)22(33)16-37-20-12-10-19(11-13-20)28-17(2)32/h6-13H,4-5,14-16,27H2,1-3H3,(H,28,32)(H,29,34,35). The number of amides is 2. The Labute approximate surface area is 218 Å². The number of nitrogen functional groups attached to an aromatic ring is 1. The zero-order valence-corrected chi connectivity index (χ0v) is 21.9. The molecule has 0 aliphatic heterocycles. The number of hydrogen-bond acceptors (Lipinski definition) is 7. The Morgan fingerprint density at radius 1 is 1.14 bits per heavy atom. The number of aromatic amines is 1. The van der Waals surface area contributed by atoms with E-state index < -0.39 is 11.2 Å². The number of nitrogens with zero attached hydrogens (tertiary/aromatic N) is 2. The molecule has 1 aromatic heterocycles. The van der Waals surface area contributed by atoms with Crippen LogP contribution in [0.2, 0.25) is 0 Å². The van der Waals surface area contributed by atoms with Crippen molar-refractivity contribution >= 4 is 40.8 Å². The van der Waals surface area contributed by atoms with E-state index in [-0.39, 0.29) is 35.6 Å². The number of nitrogens with two attached hydrogens (primary N) is 1.